The van der Waals surface area contributed by atoms with E-state index < -0.39 is 0 Å². The van der Waals surface area contributed by atoms with E-state index in [1.54, 1.807) is 24.3 Å². The predicted molar refractivity (Wildman–Crippen MR) is 73.5 cm³/mol. The van der Waals surface area contributed by atoms with Gasteiger partial charge in [0.2, 0.25) is 5.88 Å². The molecule has 0 aliphatic heterocycles. The molecule has 0 spiro atoms. The molecule has 0 atom stereocenters. The van der Waals surface area contributed by atoms with Crippen molar-refractivity contribution in [2.24, 2.45) is 0 Å². The van der Waals surface area contributed by atoms with Gasteiger partial charge in [-0.05, 0) is 25.2 Å². The number of nitrogens with zero attached hydrogens (tertiary/aromatic N) is 1. The fourth-order valence-corrected chi connectivity index (χ4v) is 1.80. The first-order chi connectivity index (χ1) is 8.70. The summed E-state index contributed by atoms with van der Waals surface area (Å²) in [4.78, 5) is 4.34. The van der Waals surface area contributed by atoms with Crippen molar-refractivity contribution in [2.75, 3.05) is 7.05 Å². The monoisotopic (exact) mass is 282 g/mol. The maximum Gasteiger partial charge on any atom is 0.219 e. The molecular weight excluding hydrogens is 271 g/mol. The van der Waals surface area contributed by atoms with Gasteiger partial charge in [0.05, 0.1) is 10.7 Å². The Morgan fingerprint density at radius 2 is 1.94 bits per heavy atom. The highest BCUT2D eigenvalue weighted by molar-refractivity contribution is 6.42. The zero-order valence-corrected chi connectivity index (χ0v) is 11.3. The largest absolute Gasteiger partial charge is 0.437 e. The number of hydrogen-bond donors (Lipinski definition) is 1. The smallest absolute Gasteiger partial charge is 0.219 e. The van der Waals surface area contributed by atoms with Crippen LogP contribution in [0.3, 0.4) is 0 Å². The third kappa shape index (κ3) is 3.13. The van der Waals surface area contributed by atoms with E-state index in [-0.39, 0.29) is 0 Å². The Bertz CT molecular complexity index is 546. The number of ether oxygens (including phenoxy) is 1. The number of aromatic nitrogens is 1. The molecule has 5 heteroatoms. The van der Waals surface area contributed by atoms with Crippen molar-refractivity contribution in [3.8, 4) is 11.6 Å². The van der Waals surface area contributed by atoms with Gasteiger partial charge in [0.25, 0.3) is 0 Å². The van der Waals surface area contributed by atoms with Gasteiger partial charge in [0.1, 0.15) is 10.8 Å². The summed E-state index contributed by atoms with van der Waals surface area (Å²) in [5.74, 6) is 0.991. The second-order valence-corrected chi connectivity index (χ2v) is 4.44. The van der Waals surface area contributed by atoms with Crippen molar-refractivity contribution in [3.63, 3.8) is 0 Å². The molecule has 2 aromatic rings. The van der Waals surface area contributed by atoms with E-state index in [1.165, 1.54) is 0 Å². The number of rotatable bonds is 4. The molecule has 0 amide bonds. The van der Waals surface area contributed by atoms with Crippen LogP contribution in [0.4, 0.5) is 0 Å². The molecule has 0 saturated carbocycles. The molecule has 0 bridgehead atoms. The maximum absolute atomic E-state index is 6.05. The van der Waals surface area contributed by atoms with Crippen LogP contribution in [0.1, 0.15) is 5.69 Å². The van der Waals surface area contributed by atoms with E-state index in [0.29, 0.717) is 28.2 Å². The van der Waals surface area contributed by atoms with Crippen molar-refractivity contribution in [1.82, 2.24) is 10.3 Å². The van der Waals surface area contributed by atoms with Crippen LogP contribution >= 0.6 is 23.2 Å². The highest BCUT2D eigenvalue weighted by Gasteiger charge is 2.07. The predicted octanol–water partition coefficient (Wildman–Crippen LogP) is 3.90. The molecule has 18 heavy (non-hydrogen) atoms. The number of benzene rings is 1. The van der Waals surface area contributed by atoms with Crippen molar-refractivity contribution in [1.29, 1.82) is 0 Å². The van der Waals surface area contributed by atoms with Crippen molar-refractivity contribution in [2.45, 2.75) is 6.54 Å². The summed E-state index contributed by atoms with van der Waals surface area (Å²) in [5.41, 5.74) is 0.896. The molecule has 0 unspecified atom stereocenters. The Hall–Kier alpha value is -1.29. The lowest BCUT2D eigenvalue weighted by Gasteiger charge is -2.08. The fraction of sp³-hybridized carbons (Fsp3) is 0.154. The topological polar surface area (TPSA) is 34.1 Å². The fourth-order valence-electron chi connectivity index (χ4n) is 1.47. The minimum atomic E-state index is 0.389. The summed E-state index contributed by atoms with van der Waals surface area (Å²) >= 11 is 12.0. The van der Waals surface area contributed by atoms with Gasteiger partial charge in [0.15, 0.2) is 0 Å². The van der Waals surface area contributed by atoms with Crippen LogP contribution in [0.25, 0.3) is 0 Å². The average molecular weight is 283 g/mol. The number of nitrogens with one attached hydrogen (secondary N) is 1. The summed E-state index contributed by atoms with van der Waals surface area (Å²) < 4.78 is 5.62. The molecule has 1 aromatic heterocycles. The number of hydrogen-bond acceptors (Lipinski definition) is 3. The molecule has 0 fully saturated rings. The van der Waals surface area contributed by atoms with Crippen molar-refractivity contribution < 1.29 is 4.74 Å². The third-order valence-corrected chi connectivity index (χ3v) is 3.07. The normalized spacial score (nSPS) is 10.4. The van der Waals surface area contributed by atoms with E-state index in [4.69, 9.17) is 27.9 Å². The molecule has 1 heterocycles. The molecular formula is C13H12Cl2N2O. The van der Waals surface area contributed by atoms with Crippen LogP contribution in [0, 0.1) is 0 Å². The lowest BCUT2D eigenvalue weighted by atomic mass is 10.3. The SMILES string of the molecule is CNCc1cccc(Oc2cccc(Cl)c2Cl)n1. The van der Waals surface area contributed by atoms with Crippen LogP contribution in [-0.2, 0) is 6.54 Å². The van der Waals surface area contributed by atoms with Gasteiger partial charge in [-0.3, -0.25) is 0 Å². The molecule has 0 aliphatic carbocycles. The molecule has 2 rings (SSSR count). The van der Waals surface area contributed by atoms with Crippen LogP contribution in [-0.4, -0.2) is 12.0 Å². The van der Waals surface area contributed by atoms with Crippen molar-refractivity contribution in [3.05, 3.63) is 52.1 Å². The van der Waals surface area contributed by atoms with Gasteiger partial charge in [-0.15, -0.1) is 0 Å². The Morgan fingerprint density at radius 3 is 2.72 bits per heavy atom. The van der Waals surface area contributed by atoms with Gasteiger partial charge in [-0.25, -0.2) is 4.98 Å². The van der Waals surface area contributed by atoms with Crippen LogP contribution < -0.4 is 10.1 Å². The quantitative estimate of drug-likeness (QED) is 0.924. The molecule has 0 radical (unpaired) electrons. The summed E-state index contributed by atoms with van der Waals surface area (Å²) in [6.07, 6.45) is 0. The Kier molecular flexibility index (Phi) is 4.42. The zero-order valence-electron chi connectivity index (χ0n) is 9.78. The molecule has 0 saturated heterocycles. The average Bonchev–Trinajstić information content (AvgIpc) is 2.36. The molecule has 1 N–H and O–H groups in total. The first-order valence-corrected chi connectivity index (χ1v) is 6.18. The standard InChI is InChI=1S/C13H12Cl2N2O/c1-16-8-9-4-2-7-12(17-9)18-11-6-3-5-10(14)13(11)15/h2-7,16H,8H2,1H3. The zero-order chi connectivity index (χ0) is 13.0. The van der Waals surface area contributed by atoms with Gasteiger partial charge >= 0.3 is 0 Å². The molecule has 1 aromatic carbocycles. The first kappa shape index (κ1) is 13.1. The second-order valence-electron chi connectivity index (χ2n) is 3.65. The van der Waals surface area contributed by atoms with Crippen molar-refractivity contribution >= 4 is 23.2 Å². The van der Waals surface area contributed by atoms with E-state index in [9.17, 15) is 0 Å². The van der Waals surface area contributed by atoms with Crippen LogP contribution in [0.5, 0.6) is 11.6 Å². The second kappa shape index (κ2) is 6.05. The van der Waals surface area contributed by atoms with E-state index >= 15 is 0 Å². The van der Waals surface area contributed by atoms with E-state index in [0.717, 1.165) is 5.69 Å². The summed E-state index contributed by atoms with van der Waals surface area (Å²) in [6.45, 7) is 0.681. The third-order valence-electron chi connectivity index (χ3n) is 2.27. The Balaban J connectivity index is 2.23. The summed E-state index contributed by atoms with van der Waals surface area (Å²) in [6, 6.07) is 10.8. The molecule has 94 valence electrons. The van der Waals surface area contributed by atoms with Gasteiger partial charge in [-0.2, -0.15) is 0 Å². The summed E-state index contributed by atoms with van der Waals surface area (Å²) in [5, 5.41) is 3.88. The van der Waals surface area contributed by atoms with Gasteiger partial charge in [0, 0.05) is 12.6 Å². The number of halogens is 2. The Morgan fingerprint density at radius 1 is 1.17 bits per heavy atom. The van der Waals surface area contributed by atoms with Crippen LogP contribution in [0.2, 0.25) is 10.0 Å². The molecule has 3 nitrogen and oxygen atoms in total. The lowest BCUT2D eigenvalue weighted by Crippen LogP contribution is -2.06. The minimum Gasteiger partial charge on any atom is -0.437 e. The van der Waals surface area contributed by atoms with Crippen LogP contribution in [0.15, 0.2) is 36.4 Å². The molecule has 0 aliphatic rings. The number of pyridine rings is 1. The maximum atomic E-state index is 6.05. The van der Waals surface area contributed by atoms with E-state index in [1.807, 2.05) is 19.2 Å². The van der Waals surface area contributed by atoms with Gasteiger partial charge in [-0.1, -0.05) is 35.3 Å². The van der Waals surface area contributed by atoms with E-state index in [2.05, 4.69) is 10.3 Å². The minimum absolute atomic E-state index is 0.389. The van der Waals surface area contributed by atoms with Gasteiger partial charge < -0.3 is 10.1 Å². The Labute approximate surface area is 116 Å². The first-order valence-electron chi connectivity index (χ1n) is 5.43. The highest BCUT2D eigenvalue weighted by Crippen LogP contribution is 2.33. The highest BCUT2D eigenvalue weighted by atomic mass is 35.5. The summed E-state index contributed by atoms with van der Waals surface area (Å²) in [7, 11) is 1.86. The lowest BCUT2D eigenvalue weighted by molar-refractivity contribution is 0.460.